The summed E-state index contributed by atoms with van der Waals surface area (Å²) < 4.78 is 2.08. The minimum Gasteiger partial charge on any atom is -0.321 e. The van der Waals surface area contributed by atoms with Gasteiger partial charge in [-0.05, 0) is 49.4 Å². The van der Waals surface area contributed by atoms with E-state index < -0.39 is 0 Å². The van der Waals surface area contributed by atoms with E-state index in [9.17, 15) is 9.59 Å². The molecule has 2 heterocycles. The normalized spacial score (nSPS) is 13.8. The maximum absolute atomic E-state index is 12.9. The van der Waals surface area contributed by atoms with E-state index in [0.29, 0.717) is 23.5 Å². The molecule has 2 amide bonds. The topological polar surface area (TPSA) is 79.6 Å². The molecule has 0 fully saturated rings. The summed E-state index contributed by atoms with van der Waals surface area (Å²) in [4.78, 5) is 29.8. The van der Waals surface area contributed by atoms with Crippen molar-refractivity contribution < 1.29 is 9.59 Å². The third-order valence-electron chi connectivity index (χ3n) is 5.39. The average Bonchev–Trinajstić information content (AvgIpc) is 3.15. The number of carbonyl (C=O) groups is 2. The maximum Gasteiger partial charge on any atom is 0.271 e. The minimum atomic E-state index is -0.322. The van der Waals surface area contributed by atoms with Crippen LogP contribution in [0.1, 0.15) is 18.7 Å². The summed E-state index contributed by atoms with van der Waals surface area (Å²) in [7, 11) is 0. The van der Waals surface area contributed by atoms with Gasteiger partial charge in [-0.3, -0.25) is 14.2 Å². The van der Waals surface area contributed by atoms with Crippen LogP contribution in [0.25, 0.3) is 16.7 Å². The van der Waals surface area contributed by atoms with Crippen LogP contribution in [0.3, 0.4) is 0 Å². The number of rotatable bonds is 4. The largest absolute Gasteiger partial charge is 0.321 e. The van der Waals surface area contributed by atoms with E-state index in [1.807, 2.05) is 73.7 Å². The molecule has 5 rings (SSSR count). The van der Waals surface area contributed by atoms with Gasteiger partial charge in [-0.1, -0.05) is 36.4 Å². The van der Waals surface area contributed by atoms with Crippen LogP contribution < -0.4 is 10.3 Å². The van der Waals surface area contributed by atoms with Gasteiger partial charge in [-0.2, -0.15) is 5.10 Å². The number of nitrogens with one attached hydrogen (secondary N) is 1. The molecule has 32 heavy (non-hydrogen) atoms. The molecule has 0 aliphatic carbocycles. The van der Waals surface area contributed by atoms with Gasteiger partial charge in [-0.15, -0.1) is 0 Å². The highest BCUT2D eigenvalue weighted by molar-refractivity contribution is 6.44. The average molecular weight is 423 g/mol. The Labute approximate surface area is 185 Å². The summed E-state index contributed by atoms with van der Waals surface area (Å²) >= 11 is 0. The number of hydrogen-bond donors (Lipinski definition) is 1. The third kappa shape index (κ3) is 3.65. The lowest BCUT2D eigenvalue weighted by atomic mass is 10.1. The van der Waals surface area contributed by atoms with Crippen molar-refractivity contribution >= 4 is 39.9 Å². The Morgan fingerprint density at radius 3 is 2.31 bits per heavy atom. The molecule has 1 aliphatic rings. The summed E-state index contributed by atoms with van der Waals surface area (Å²) in [5.74, 6) is 0.413. The van der Waals surface area contributed by atoms with Gasteiger partial charge in [0.2, 0.25) is 5.91 Å². The molecular formula is C25H21N5O2. The second kappa shape index (κ2) is 8.11. The fraction of sp³-hybridized carbons (Fsp3) is 0.120. The summed E-state index contributed by atoms with van der Waals surface area (Å²) in [6.07, 6.45) is 0.541. The molecule has 1 aromatic heterocycles. The van der Waals surface area contributed by atoms with Gasteiger partial charge in [-0.25, -0.2) is 9.99 Å². The number of fused-ring (bicyclic) bond motifs is 1. The number of amides is 2. The van der Waals surface area contributed by atoms with E-state index in [1.165, 1.54) is 5.01 Å². The highest BCUT2D eigenvalue weighted by Crippen LogP contribution is 2.25. The number of carbonyl (C=O) groups excluding carboxylic acids is 2. The first-order valence-corrected chi connectivity index (χ1v) is 10.4. The Kier molecular flexibility index (Phi) is 4.99. The van der Waals surface area contributed by atoms with Crippen molar-refractivity contribution in [1.82, 2.24) is 9.55 Å². The van der Waals surface area contributed by atoms with Crippen LogP contribution >= 0.6 is 0 Å². The minimum absolute atomic E-state index is 0.129. The van der Waals surface area contributed by atoms with E-state index in [4.69, 9.17) is 0 Å². The zero-order chi connectivity index (χ0) is 22.1. The lowest BCUT2D eigenvalue weighted by Crippen LogP contribution is -2.36. The number of hydrogen-bond acceptors (Lipinski definition) is 4. The molecule has 0 radical (unpaired) electrons. The molecule has 0 spiro atoms. The molecule has 3 aromatic carbocycles. The van der Waals surface area contributed by atoms with Gasteiger partial charge >= 0.3 is 0 Å². The Bertz CT molecular complexity index is 1340. The van der Waals surface area contributed by atoms with Crippen LogP contribution in [0.4, 0.5) is 11.4 Å². The fourth-order valence-corrected chi connectivity index (χ4v) is 3.87. The molecule has 1 N–H and O–H groups in total. The van der Waals surface area contributed by atoms with E-state index in [-0.39, 0.29) is 18.2 Å². The van der Waals surface area contributed by atoms with Gasteiger partial charge in [0.05, 0.1) is 16.7 Å². The fourth-order valence-electron chi connectivity index (χ4n) is 3.87. The molecular weight excluding hydrogens is 402 g/mol. The second-order valence-corrected chi connectivity index (χ2v) is 7.58. The molecule has 0 saturated carbocycles. The van der Waals surface area contributed by atoms with Crippen molar-refractivity contribution in [1.29, 1.82) is 0 Å². The van der Waals surface area contributed by atoms with Gasteiger partial charge < -0.3 is 5.32 Å². The molecule has 158 valence electrons. The number of aryl methyl sites for hydroxylation is 1. The number of aromatic nitrogens is 2. The van der Waals surface area contributed by atoms with Crippen molar-refractivity contribution in [2.24, 2.45) is 5.10 Å². The van der Waals surface area contributed by atoms with Gasteiger partial charge in [0.1, 0.15) is 11.5 Å². The molecule has 7 nitrogen and oxygen atoms in total. The van der Waals surface area contributed by atoms with Crippen LogP contribution in [-0.4, -0.2) is 27.1 Å². The number of nitrogens with zero attached hydrogens (tertiary/aromatic N) is 4. The van der Waals surface area contributed by atoms with Gasteiger partial charge in [0, 0.05) is 24.2 Å². The molecule has 0 bridgehead atoms. The first-order valence-electron chi connectivity index (χ1n) is 10.4. The maximum atomic E-state index is 12.9. The molecule has 0 atom stereocenters. The van der Waals surface area contributed by atoms with Crippen LogP contribution in [0.5, 0.6) is 0 Å². The van der Waals surface area contributed by atoms with E-state index in [0.717, 1.165) is 22.5 Å². The summed E-state index contributed by atoms with van der Waals surface area (Å²) in [6.45, 7) is 1.96. The van der Waals surface area contributed by atoms with Crippen LogP contribution in [-0.2, 0) is 9.59 Å². The second-order valence-electron chi connectivity index (χ2n) is 7.58. The van der Waals surface area contributed by atoms with Crippen LogP contribution in [0, 0.1) is 6.92 Å². The van der Waals surface area contributed by atoms with Gasteiger partial charge in [0.15, 0.2) is 0 Å². The van der Waals surface area contributed by atoms with Crippen molar-refractivity contribution in [3.05, 3.63) is 84.7 Å². The summed E-state index contributed by atoms with van der Waals surface area (Å²) in [5, 5.41) is 8.52. The van der Waals surface area contributed by atoms with Crippen LogP contribution in [0.15, 0.2) is 84.0 Å². The third-order valence-corrected chi connectivity index (χ3v) is 5.39. The standard InChI is InChI=1S/C25H21N5O2/c1-17-26-22-16-18(12-14-23(22)29(17)19-8-4-2-5-9-19)27-25(32)21-13-15-24(31)30(28-21)20-10-6-3-7-11-20/h2-12,14,16H,13,15H2,1H3,(H,27,32). The van der Waals surface area contributed by atoms with Crippen molar-refractivity contribution in [3.63, 3.8) is 0 Å². The highest BCUT2D eigenvalue weighted by atomic mass is 16.2. The van der Waals surface area contributed by atoms with E-state index in [2.05, 4.69) is 20.0 Å². The quantitative estimate of drug-likeness (QED) is 0.526. The van der Waals surface area contributed by atoms with Gasteiger partial charge in [0.25, 0.3) is 5.91 Å². The first-order chi connectivity index (χ1) is 15.6. The molecule has 7 heteroatoms. The number of imidazole rings is 1. The zero-order valence-electron chi connectivity index (χ0n) is 17.5. The zero-order valence-corrected chi connectivity index (χ0v) is 17.5. The molecule has 1 aliphatic heterocycles. The smallest absolute Gasteiger partial charge is 0.271 e. The number of para-hydroxylation sites is 2. The number of anilines is 2. The molecule has 0 unspecified atom stereocenters. The van der Waals surface area contributed by atoms with Crippen molar-refractivity contribution in [2.45, 2.75) is 19.8 Å². The lowest BCUT2D eigenvalue weighted by molar-refractivity contribution is -0.118. The van der Waals surface area contributed by atoms with E-state index >= 15 is 0 Å². The summed E-state index contributed by atoms with van der Waals surface area (Å²) in [5.41, 5.74) is 4.38. The summed E-state index contributed by atoms with van der Waals surface area (Å²) in [6, 6.07) is 24.8. The Morgan fingerprint density at radius 1 is 0.906 bits per heavy atom. The Balaban J connectivity index is 1.41. The van der Waals surface area contributed by atoms with Crippen molar-refractivity contribution in [2.75, 3.05) is 10.3 Å². The first kappa shape index (κ1) is 19.7. The SMILES string of the molecule is Cc1nc2cc(NC(=O)C3=NN(c4ccccc4)C(=O)CC3)ccc2n1-c1ccccc1. The number of hydrazone groups is 1. The van der Waals surface area contributed by atoms with Crippen LogP contribution in [0.2, 0.25) is 0 Å². The Morgan fingerprint density at radius 2 is 1.59 bits per heavy atom. The highest BCUT2D eigenvalue weighted by Gasteiger charge is 2.25. The lowest BCUT2D eigenvalue weighted by Gasteiger charge is -2.23. The van der Waals surface area contributed by atoms with E-state index in [1.54, 1.807) is 12.1 Å². The Hall–Kier alpha value is -4.26. The number of benzene rings is 3. The monoisotopic (exact) mass is 423 g/mol. The predicted molar refractivity (Wildman–Crippen MR) is 125 cm³/mol. The predicted octanol–water partition coefficient (Wildman–Crippen LogP) is 4.46. The molecule has 0 saturated heterocycles. The molecule has 4 aromatic rings. The van der Waals surface area contributed by atoms with Crippen molar-refractivity contribution in [3.8, 4) is 5.69 Å².